The Morgan fingerprint density at radius 3 is 2.54 bits per heavy atom. The predicted molar refractivity (Wildman–Crippen MR) is 105 cm³/mol. The topological polar surface area (TPSA) is 103 Å². The van der Waals surface area contributed by atoms with Crippen LogP contribution in [-0.2, 0) is 17.6 Å². The maximum Gasteiger partial charge on any atom is 0.335 e. The van der Waals surface area contributed by atoms with Crippen molar-refractivity contribution in [2.45, 2.75) is 25.7 Å². The number of aromatic amines is 1. The van der Waals surface area contributed by atoms with Crippen molar-refractivity contribution in [2.24, 2.45) is 0 Å². The molecule has 1 aromatic heterocycles. The van der Waals surface area contributed by atoms with Gasteiger partial charge < -0.3 is 20.3 Å². The fraction of sp³-hybridized carbons (Fsp3) is 0.286. The third kappa shape index (κ3) is 2.89. The quantitative estimate of drug-likeness (QED) is 0.714. The molecule has 0 bridgehead atoms. The zero-order valence-corrected chi connectivity index (χ0v) is 15.8. The smallest absolute Gasteiger partial charge is 0.335 e. The van der Waals surface area contributed by atoms with Crippen LogP contribution >= 0.6 is 0 Å². The molecule has 0 fully saturated rings. The Morgan fingerprint density at radius 1 is 1.14 bits per heavy atom. The number of hydrogen-bond acceptors (Lipinski definition) is 3. The predicted octanol–water partition coefficient (Wildman–Crippen LogP) is 2.79. The molecule has 1 aliphatic heterocycles. The molecule has 1 aliphatic carbocycles. The molecule has 0 spiro atoms. The number of fused-ring (bicyclic) bond motifs is 2. The van der Waals surface area contributed by atoms with Crippen molar-refractivity contribution >= 4 is 35.1 Å². The highest BCUT2D eigenvalue weighted by atomic mass is 16.4. The molecule has 7 heteroatoms. The van der Waals surface area contributed by atoms with E-state index in [1.165, 1.54) is 17.0 Å². The van der Waals surface area contributed by atoms with E-state index >= 15 is 0 Å². The first-order chi connectivity index (χ1) is 13.4. The largest absolute Gasteiger partial charge is 0.478 e. The molecule has 0 saturated carbocycles. The minimum atomic E-state index is -1.04. The standard InChI is InChI=1S/C21H21N3O4/c1-24(2)20(26)18-13-6-4-3-5-12(13)17(22-18)10-15-14-9-11(21(27)28)7-8-16(14)23-19(15)25/h7-10,22H,3-6H2,1-2H3,(H,23,25)(H,27,28). The Balaban J connectivity index is 1.84. The minimum absolute atomic E-state index is 0.0905. The lowest BCUT2D eigenvalue weighted by atomic mass is 9.91. The fourth-order valence-electron chi connectivity index (χ4n) is 3.90. The van der Waals surface area contributed by atoms with Gasteiger partial charge >= 0.3 is 5.97 Å². The van der Waals surface area contributed by atoms with Crippen LogP contribution in [0.3, 0.4) is 0 Å². The number of anilines is 1. The molecule has 7 nitrogen and oxygen atoms in total. The molecule has 2 aromatic rings. The van der Waals surface area contributed by atoms with Gasteiger partial charge in [0.2, 0.25) is 0 Å². The number of rotatable bonds is 3. The van der Waals surface area contributed by atoms with Gasteiger partial charge in [-0.15, -0.1) is 0 Å². The number of aromatic nitrogens is 1. The molecule has 0 radical (unpaired) electrons. The molecule has 1 aromatic carbocycles. The van der Waals surface area contributed by atoms with E-state index < -0.39 is 5.97 Å². The Kier molecular flexibility index (Phi) is 4.30. The first-order valence-electron chi connectivity index (χ1n) is 9.23. The average Bonchev–Trinajstić information content (AvgIpc) is 3.19. The number of carboxylic acids is 1. The third-order valence-corrected chi connectivity index (χ3v) is 5.31. The number of nitrogens with zero attached hydrogens (tertiary/aromatic N) is 1. The summed E-state index contributed by atoms with van der Waals surface area (Å²) in [6.07, 6.45) is 5.47. The second-order valence-corrected chi connectivity index (χ2v) is 7.36. The molecule has 28 heavy (non-hydrogen) atoms. The van der Waals surface area contributed by atoms with Gasteiger partial charge in [0.25, 0.3) is 11.8 Å². The molecule has 2 amide bonds. The van der Waals surface area contributed by atoms with E-state index in [4.69, 9.17) is 0 Å². The van der Waals surface area contributed by atoms with Crippen LogP contribution in [0.5, 0.6) is 0 Å². The average molecular weight is 379 g/mol. The molecule has 2 heterocycles. The maximum absolute atomic E-state index is 12.6. The summed E-state index contributed by atoms with van der Waals surface area (Å²) in [5.74, 6) is -1.41. The number of nitrogens with one attached hydrogen (secondary N) is 2. The van der Waals surface area contributed by atoms with Crippen LogP contribution in [0.4, 0.5) is 5.69 Å². The van der Waals surface area contributed by atoms with Crippen LogP contribution in [0.25, 0.3) is 11.6 Å². The zero-order valence-electron chi connectivity index (χ0n) is 15.8. The SMILES string of the molecule is CN(C)C(=O)c1[nH]c(C=C2C(=O)Nc3ccc(C(=O)O)cc32)c2c1CCCC2. The van der Waals surface area contributed by atoms with Gasteiger partial charge in [0.15, 0.2) is 0 Å². The monoisotopic (exact) mass is 379 g/mol. The van der Waals surface area contributed by atoms with Crippen LogP contribution in [0, 0.1) is 0 Å². The lowest BCUT2D eigenvalue weighted by molar-refractivity contribution is -0.110. The number of carbonyl (C=O) groups is 3. The maximum atomic E-state index is 12.6. The molecular formula is C21H21N3O4. The molecule has 0 unspecified atom stereocenters. The Bertz CT molecular complexity index is 1050. The third-order valence-electron chi connectivity index (χ3n) is 5.31. The highest BCUT2D eigenvalue weighted by Gasteiger charge is 2.28. The van der Waals surface area contributed by atoms with Crippen LogP contribution in [0.1, 0.15) is 56.1 Å². The van der Waals surface area contributed by atoms with Gasteiger partial charge in [0, 0.05) is 31.0 Å². The van der Waals surface area contributed by atoms with Crippen molar-refractivity contribution < 1.29 is 19.5 Å². The van der Waals surface area contributed by atoms with Crippen LogP contribution < -0.4 is 5.32 Å². The normalized spacial score (nSPS) is 16.5. The molecule has 144 valence electrons. The van der Waals surface area contributed by atoms with E-state index in [9.17, 15) is 19.5 Å². The summed E-state index contributed by atoms with van der Waals surface area (Å²) in [5, 5.41) is 12.0. The van der Waals surface area contributed by atoms with E-state index in [1.807, 2.05) is 0 Å². The summed E-state index contributed by atoms with van der Waals surface area (Å²) in [5.41, 5.74) is 5.09. The van der Waals surface area contributed by atoms with Crippen LogP contribution in [-0.4, -0.2) is 46.9 Å². The van der Waals surface area contributed by atoms with Gasteiger partial charge in [-0.25, -0.2) is 4.79 Å². The van der Waals surface area contributed by atoms with Gasteiger partial charge in [-0.1, -0.05) is 0 Å². The highest BCUT2D eigenvalue weighted by Crippen LogP contribution is 2.36. The van der Waals surface area contributed by atoms with E-state index in [-0.39, 0.29) is 17.4 Å². The summed E-state index contributed by atoms with van der Waals surface area (Å²) in [6.45, 7) is 0. The van der Waals surface area contributed by atoms with E-state index in [2.05, 4.69) is 10.3 Å². The van der Waals surface area contributed by atoms with Crippen molar-refractivity contribution in [2.75, 3.05) is 19.4 Å². The van der Waals surface area contributed by atoms with E-state index in [0.717, 1.165) is 42.5 Å². The number of aromatic carboxylic acids is 1. The van der Waals surface area contributed by atoms with Crippen LogP contribution in [0.15, 0.2) is 18.2 Å². The van der Waals surface area contributed by atoms with Gasteiger partial charge in [-0.05, 0) is 61.1 Å². The molecular weight excluding hydrogens is 358 g/mol. The number of amides is 2. The number of carboxylic acid groups (broad SMARTS) is 1. The summed E-state index contributed by atoms with van der Waals surface area (Å²) in [6, 6.07) is 4.57. The summed E-state index contributed by atoms with van der Waals surface area (Å²) in [4.78, 5) is 41.2. The van der Waals surface area contributed by atoms with Gasteiger partial charge in [0.05, 0.1) is 11.1 Å². The zero-order chi connectivity index (χ0) is 20.0. The first-order valence-corrected chi connectivity index (χ1v) is 9.23. The first kappa shape index (κ1) is 18.0. The van der Waals surface area contributed by atoms with E-state index in [1.54, 1.807) is 26.2 Å². The number of hydrogen-bond donors (Lipinski definition) is 3. The number of H-pyrrole nitrogens is 1. The lowest BCUT2D eigenvalue weighted by Gasteiger charge is -2.15. The van der Waals surface area contributed by atoms with Gasteiger partial charge in [-0.2, -0.15) is 0 Å². The molecule has 0 saturated heterocycles. The van der Waals surface area contributed by atoms with Gasteiger partial charge in [-0.3, -0.25) is 9.59 Å². The minimum Gasteiger partial charge on any atom is -0.478 e. The summed E-state index contributed by atoms with van der Waals surface area (Å²) < 4.78 is 0. The Morgan fingerprint density at radius 2 is 1.86 bits per heavy atom. The van der Waals surface area contributed by atoms with Crippen molar-refractivity contribution in [3.8, 4) is 0 Å². The number of benzene rings is 1. The molecule has 0 atom stereocenters. The summed E-state index contributed by atoms with van der Waals surface area (Å²) in [7, 11) is 3.43. The fourth-order valence-corrected chi connectivity index (χ4v) is 3.90. The van der Waals surface area contributed by atoms with E-state index in [0.29, 0.717) is 22.5 Å². The molecule has 2 aliphatic rings. The Labute approximate surface area is 162 Å². The number of carbonyl (C=O) groups excluding carboxylic acids is 2. The second-order valence-electron chi connectivity index (χ2n) is 7.36. The Hall–Kier alpha value is -3.35. The second kappa shape index (κ2) is 6.67. The van der Waals surface area contributed by atoms with Crippen molar-refractivity contribution in [1.82, 2.24) is 9.88 Å². The lowest BCUT2D eigenvalue weighted by Crippen LogP contribution is -2.23. The van der Waals surface area contributed by atoms with Crippen molar-refractivity contribution in [3.05, 3.63) is 51.8 Å². The highest BCUT2D eigenvalue weighted by molar-refractivity contribution is 6.35. The molecule has 3 N–H and O–H groups in total. The van der Waals surface area contributed by atoms with Crippen molar-refractivity contribution in [1.29, 1.82) is 0 Å². The van der Waals surface area contributed by atoms with Gasteiger partial charge in [0.1, 0.15) is 5.69 Å². The van der Waals surface area contributed by atoms with Crippen LogP contribution in [0.2, 0.25) is 0 Å². The molecule has 4 rings (SSSR count). The summed E-state index contributed by atoms with van der Waals surface area (Å²) >= 11 is 0. The van der Waals surface area contributed by atoms with Crippen molar-refractivity contribution in [3.63, 3.8) is 0 Å².